The maximum absolute atomic E-state index is 13.2. The van der Waals surface area contributed by atoms with Crippen molar-refractivity contribution in [3.8, 4) is 0 Å². The van der Waals surface area contributed by atoms with E-state index in [0.717, 1.165) is 11.1 Å². The van der Waals surface area contributed by atoms with Gasteiger partial charge in [0.05, 0.1) is 5.56 Å². The molecule has 30 heavy (non-hydrogen) atoms. The van der Waals surface area contributed by atoms with Gasteiger partial charge in [0.2, 0.25) is 11.7 Å². The number of aryl methyl sites for hydroxylation is 2. The van der Waals surface area contributed by atoms with E-state index in [1.54, 1.807) is 48.5 Å². The van der Waals surface area contributed by atoms with Gasteiger partial charge < -0.3 is 10.1 Å². The molecule has 1 N–H and O–H groups in total. The fourth-order valence-electron chi connectivity index (χ4n) is 2.95. The third-order valence-corrected chi connectivity index (χ3v) is 4.62. The predicted molar refractivity (Wildman–Crippen MR) is 116 cm³/mol. The van der Waals surface area contributed by atoms with Crippen LogP contribution in [0.1, 0.15) is 50.4 Å². The van der Waals surface area contributed by atoms with Crippen molar-refractivity contribution in [3.63, 3.8) is 0 Å². The Morgan fingerprint density at radius 3 is 1.77 bits per heavy atom. The van der Waals surface area contributed by atoms with E-state index in [2.05, 4.69) is 5.32 Å². The molecule has 3 aromatic carbocycles. The predicted octanol–water partition coefficient (Wildman–Crippen LogP) is 5.04. The Labute approximate surface area is 175 Å². The Bertz CT molecular complexity index is 1050. The summed E-state index contributed by atoms with van der Waals surface area (Å²) < 4.78 is 5.65. The number of ketones is 1. The number of hydrogen-bond acceptors (Lipinski definition) is 4. The molecule has 0 bridgehead atoms. The van der Waals surface area contributed by atoms with Crippen LogP contribution in [-0.4, -0.2) is 17.7 Å². The van der Waals surface area contributed by atoms with E-state index >= 15 is 0 Å². The summed E-state index contributed by atoms with van der Waals surface area (Å²) >= 11 is 0. The maximum atomic E-state index is 13.2. The highest BCUT2D eigenvalue weighted by atomic mass is 16.5. The lowest BCUT2D eigenvalue weighted by atomic mass is 9.98. The number of carbonyl (C=O) groups excluding carboxylic acids is 3. The van der Waals surface area contributed by atoms with Gasteiger partial charge in [-0.25, -0.2) is 4.79 Å². The monoisotopic (exact) mass is 401 g/mol. The summed E-state index contributed by atoms with van der Waals surface area (Å²) in [5.74, 6) is -1.11. The van der Waals surface area contributed by atoms with E-state index in [0.29, 0.717) is 16.8 Å². The van der Waals surface area contributed by atoms with Crippen molar-refractivity contribution in [2.24, 2.45) is 0 Å². The van der Waals surface area contributed by atoms with E-state index in [9.17, 15) is 14.4 Å². The summed E-state index contributed by atoms with van der Waals surface area (Å²) in [7, 11) is 0. The number of Topliss-reactive ketones (excluding diaryl/α,β-unsaturated/α-hetero) is 1. The van der Waals surface area contributed by atoms with Crippen LogP contribution in [0.5, 0.6) is 0 Å². The molecule has 0 aromatic heterocycles. The van der Waals surface area contributed by atoms with Crippen molar-refractivity contribution in [3.05, 3.63) is 101 Å². The van der Waals surface area contributed by atoms with Crippen molar-refractivity contribution in [2.75, 3.05) is 5.32 Å². The first-order chi connectivity index (χ1) is 14.3. The molecule has 3 aromatic rings. The van der Waals surface area contributed by atoms with Gasteiger partial charge in [0.1, 0.15) is 0 Å². The van der Waals surface area contributed by atoms with Gasteiger partial charge >= 0.3 is 5.97 Å². The molecule has 0 spiro atoms. The first-order valence-corrected chi connectivity index (χ1v) is 9.59. The van der Waals surface area contributed by atoms with Crippen LogP contribution < -0.4 is 5.32 Å². The Hall–Kier alpha value is -3.73. The molecule has 0 saturated heterocycles. The van der Waals surface area contributed by atoms with E-state index in [1.165, 1.54) is 6.92 Å². The number of anilines is 1. The average Bonchev–Trinajstić information content (AvgIpc) is 2.73. The van der Waals surface area contributed by atoms with Crippen LogP contribution in [0, 0.1) is 13.8 Å². The molecule has 0 radical (unpaired) electrons. The molecule has 0 aliphatic heterocycles. The van der Waals surface area contributed by atoms with E-state index < -0.39 is 12.1 Å². The lowest BCUT2D eigenvalue weighted by Gasteiger charge is -2.18. The Morgan fingerprint density at radius 2 is 1.23 bits per heavy atom. The number of carbonyl (C=O) groups is 3. The van der Waals surface area contributed by atoms with Crippen molar-refractivity contribution >= 4 is 23.3 Å². The SMILES string of the molecule is CC(=O)Nc1ccc(C(=O)O[C@H](C(=O)c2ccc(C)cc2)c2ccc(C)cc2)cc1. The van der Waals surface area contributed by atoms with Gasteiger partial charge in [-0.15, -0.1) is 0 Å². The largest absolute Gasteiger partial charge is 0.445 e. The Morgan fingerprint density at radius 1 is 0.733 bits per heavy atom. The van der Waals surface area contributed by atoms with Gasteiger partial charge in [-0.3, -0.25) is 9.59 Å². The maximum Gasteiger partial charge on any atom is 0.339 e. The van der Waals surface area contributed by atoms with Gasteiger partial charge in [-0.2, -0.15) is 0 Å². The van der Waals surface area contributed by atoms with Crippen molar-refractivity contribution in [2.45, 2.75) is 26.9 Å². The number of amides is 1. The van der Waals surface area contributed by atoms with Crippen LogP contribution in [0.15, 0.2) is 72.8 Å². The summed E-state index contributed by atoms with van der Waals surface area (Å²) in [6.45, 7) is 5.30. The highest BCUT2D eigenvalue weighted by Gasteiger charge is 2.26. The molecule has 5 heteroatoms. The van der Waals surface area contributed by atoms with Crippen LogP contribution in [0.4, 0.5) is 5.69 Å². The molecule has 0 unspecified atom stereocenters. The first kappa shape index (κ1) is 21.0. The van der Waals surface area contributed by atoms with Crippen LogP contribution in [-0.2, 0) is 9.53 Å². The lowest BCUT2D eigenvalue weighted by Crippen LogP contribution is -2.20. The molecule has 0 aliphatic rings. The topological polar surface area (TPSA) is 72.5 Å². The fraction of sp³-hybridized carbons (Fsp3) is 0.160. The zero-order chi connectivity index (χ0) is 21.7. The van der Waals surface area contributed by atoms with E-state index in [-0.39, 0.29) is 17.3 Å². The molecular weight excluding hydrogens is 378 g/mol. The van der Waals surface area contributed by atoms with Crippen LogP contribution >= 0.6 is 0 Å². The third kappa shape index (κ3) is 5.20. The van der Waals surface area contributed by atoms with Crippen molar-refractivity contribution < 1.29 is 19.1 Å². The van der Waals surface area contributed by atoms with E-state index in [1.807, 2.05) is 38.1 Å². The summed E-state index contributed by atoms with van der Waals surface area (Å²) in [6.07, 6.45) is -1.06. The van der Waals surface area contributed by atoms with E-state index in [4.69, 9.17) is 4.74 Å². The Kier molecular flexibility index (Phi) is 6.42. The molecule has 0 saturated carbocycles. The number of benzene rings is 3. The first-order valence-electron chi connectivity index (χ1n) is 9.59. The summed E-state index contributed by atoms with van der Waals surface area (Å²) in [6, 6.07) is 20.8. The normalized spacial score (nSPS) is 11.4. The second-order valence-corrected chi connectivity index (χ2v) is 7.18. The second-order valence-electron chi connectivity index (χ2n) is 7.18. The average molecular weight is 401 g/mol. The lowest BCUT2D eigenvalue weighted by molar-refractivity contribution is -0.114. The zero-order valence-electron chi connectivity index (χ0n) is 17.1. The third-order valence-electron chi connectivity index (χ3n) is 4.62. The molecular formula is C25H23NO4. The minimum Gasteiger partial charge on any atom is -0.445 e. The summed E-state index contributed by atoms with van der Waals surface area (Å²) in [5.41, 5.74) is 4.02. The highest BCUT2D eigenvalue weighted by molar-refractivity contribution is 6.02. The second kappa shape index (κ2) is 9.18. The molecule has 5 nitrogen and oxygen atoms in total. The molecule has 1 amide bonds. The number of nitrogens with one attached hydrogen (secondary N) is 1. The molecule has 0 aliphatic carbocycles. The minimum atomic E-state index is -1.06. The van der Waals surface area contributed by atoms with Crippen LogP contribution in [0.3, 0.4) is 0 Å². The molecule has 1 atom stereocenters. The smallest absolute Gasteiger partial charge is 0.339 e. The van der Waals surface area contributed by atoms with Gasteiger partial charge in [0.25, 0.3) is 0 Å². The number of hydrogen-bond donors (Lipinski definition) is 1. The van der Waals surface area contributed by atoms with Gasteiger partial charge in [-0.1, -0.05) is 59.7 Å². The standard InChI is InChI=1S/C25H23NO4/c1-16-4-8-19(9-5-16)23(28)24(20-10-6-17(2)7-11-20)30-25(29)21-12-14-22(15-13-21)26-18(3)27/h4-15,24H,1-3H3,(H,26,27)/t24-/m0/s1. The molecule has 0 fully saturated rings. The quantitative estimate of drug-likeness (QED) is 0.464. The molecule has 152 valence electrons. The molecule has 3 rings (SSSR count). The van der Waals surface area contributed by atoms with Crippen LogP contribution in [0.25, 0.3) is 0 Å². The zero-order valence-corrected chi connectivity index (χ0v) is 17.1. The van der Waals surface area contributed by atoms with Crippen molar-refractivity contribution in [1.29, 1.82) is 0 Å². The highest BCUT2D eigenvalue weighted by Crippen LogP contribution is 2.25. The van der Waals surface area contributed by atoms with Crippen LogP contribution in [0.2, 0.25) is 0 Å². The van der Waals surface area contributed by atoms with Gasteiger partial charge in [-0.05, 0) is 38.1 Å². The van der Waals surface area contributed by atoms with Gasteiger partial charge in [0, 0.05) is 23.7 Å². The number of rotatable bonds is 6. The number of ether oxygens (including phenoxy) is 1. The Balaban J connectivity index is 1.87. The van der Waals surface area contributed by atoms with Gasteiger partial charge in [0.15, 0.2) is 6.10 Å². The fourth-order valence-corrected chi connectivity index (χ4v) is 2.95. The summed E-state index contributed by atoms with van der Waals surface area (Å²) in [5, 5.41) is 2.64. The van der Waals surface area contributed by atoms with Crippen molar-refractivity contribution in [1.82, 2.24) is 0 Å². The summed E-state index contributed by atoms with van der Waals surface area (Å²) in [4.78, 5) is 37.1. The minimum absolute atomic E-state index is 0.201. The molecule has 0 heterocycles. The number of esters is 1.